The maximum absolute atomic E-state index is 12.4. The molecule has 0 saturated heterocycles. The molecule has 23 heavy (non-hydrogen) atoms. The summed E-state index contributed by atoms with van der Waals surface area (Å²) in [5, 5.41) is 12.7. The van der Waals surface area contributed by atoms with E-state index < -0.39 is 17.8 Å². The lowest BCUT2D eigenvalue weighted by Crippen LogP contribution is -2.26. The number of rotatable bonds is 6. The molecule has 2 aromatic rings. The van der Waals surface area contributed by atoms with Crippen LogP contribution in [0.15, 0.2) is 36.7 Å². The van der Waals surface area contributed by atoms with Crippen molar-refractivity contribution in [2.75, 3.05) is 18.5 Å². The van der Waals surface area contributed by atoms with Crippen molar-refractivity contribution < 1.29 is 23.0 Å². The number of nitrogens with one attached hydrogen (secondary N) is 1. The highest BCUT2D eigenvalue weighted by Crippen LogP contribution is 2.30. The smallest absolute Gasteiger partial charge is 0.416 e. The third kappa shape index (κ3) is 5.41. The van der Waals surface area contributed by atoms with Crippen molar-refractivity contribution in [2.45, 2.75) is 19.2 Å². The van der Waals surface area contributed by atoms with Crippen LogP contribution >= 0.6 is 0 Å². The third-order valence-corrected chi connectivity index (χ3v) is 2.95. The molecule has 0 fully saturated rings. The van der Waals surface area contributed by atoms with Crippen LogP contribution in [0.5, 0.6) is 5.75 Å². The first kappa shape index (κ1) is 17.0. The predicted octanol–water partition coefficient (Wildman–Crippen LogP) is 2.66. The summed E-state index contributed by atoms with van der Waals surface area (Å²) in [6.07, 6.45) is -3.81. The lowest BCUT2D eigenvalue weighted by Gasteiger charge is -2.14. The standard InChI is InChI=1S/C15H16F3N3O2/c1-10-6-14(21-9-20-10)19-7-12(22)8-23-13-4-2-11(3-5-13)15(16,17)18/h2-6,9,12,22H,7-8H2,1H3,(H,19,20,21). The maximum atomic E-state index is 12.4. The fourth-order valence-electron chi connectivity index (χ4n) is 1.77. The molecule has 0 radical (unpaired) electrons. The fraction of sp³-hybridized carbons (Fsp3) is 0.333. The minimum absolute atomic E-state index is 0.0531. The molecular formula is C15H16F3N3O2. The second-order valence-electron chi connectivity index (χ2n) is 4.91. The van der Waals surface area contributed by atoms with Crippen LogP contribution in [0.25, 0.3) is 0 Å². The van der Waals surface area contributed by atoms with Crippen molar-refractivity contribution in [2.24, 2.45) is 0 Å². The number of benzene rings is 1. The van der Waals surface area contributed by atoms with Crippen molar-refractivity contribution in [3.8, 4) is 5.75 Å². The largest absolute Gasteiger partial charge is 0.491 e. The Morgan fingerprint density at radius 2 is 1.91 bits per heavy atom. The molecule has 1 unspecified atom stereocenters. The summed E-state index contributed by atoms with van der Waals surface area (Å²) in [5.41, 5.74) is 0.0455. The van der Waals surface area contributed by atoms with Gasteiger partial charge in [-0.3, -0.25) is 0 Å². The number of hydrogen-bond acceptors (Lipinski definition) is 5. The van der Waals surface area contributed by atoms with Gasteiger partial charge >= 0.3 is 6.18 Å². The number of aromatic nitrogens is 2. The number of aryl methyl sites for hydroxylation is 1. The van der Waals surface area contributed by atoms with E-state index in [-0.39, 0.29) is 18.9 Å². The van der Waals surface area contributed by atoms with Crippen molar-refractivity contribution >= 4 is 5.82 Å². The van der Waals surface area contributed by atoms with E-state index in [2.05, 4.69) is 15.3 Å². The van der Waals surface area contributed by atoms with Crippen LogP contribution in [-0.2, 0) is 6.18 Å². The SMILES string of the molecule is Cc1cc(NCC(O)COc2ccc(C(F)(F)F)cc2)ncn1. The molecule has 0 saturated carbocycles. The quantitative estimate of drug-likeness (QED) is 0.854. The summed E-state index contributed by atoms with van der Waals surface area (Å²) in [7, 11) is 0. The Kier molecular flexibility index (Phi) is 5.38. The summed E-state index contributed by atoms with van der Waals surface area (Å²) < 4.78 is 42.5. The van der Waals surface area contributed by atoms with Gasteiger partial charge in [-0.15, -0.1) is 0 Å². The summed E-state index contributed by atoms with van der Waals surface area (Å²) in [4.78, 5) is 7.93. The lowest BCUT2D eigenvalue weighted by atomic mass is 10.2. The highest BCUT2D eigenvalue weighted by molar-refractivity contribution is 5.34. The molecule has 0 bridgehead atoms. The van der Waals surface area contributed by atoms with Gasteiger partial charge in [0.05, 0.1) is 5.56 Å². The van der Waals surface area contributed by atoms with Gasteiger partial charge in [0.1, 0.15) is 30.6 Å². The number of aliphatic hydroxyl groups is 1. The highest BCUT2D eigenvalue weighted by Gasteiger charge is 2.30. The number of ether oxygens (including phenoxy) is 1. The van der Waals surface area contributed by atoms with Crippen LogP contribution in [0.4, 0.5) is 19.0 Å². The monoisotopic (exact) mass is 327 g/mol. The molecule has 0 amide bonds. The third-order valence-electron chi connectivity index (χ3n) is 2.95. The molecule has 124 valence electrons. The average Bonchev–Trinajstić information content (AvgIpc) is 2.50. The zero-order valence-electron chi connectivity index (χ0n) is 12.3. The van der Waals surface area contributed by atoms with Crippen molar-refractivity contribution in [1.29, 1.82) is 0 Å². The van der Waals surface area contributed by atoms with Crippen LogP contribution in [-0.4, -0.2) is 34.3 Å². The Morgan fingerprint density at radius 3 is 2.52 bits per heavy atom. The van der Waals surface area contributed by atoms with Gasteiger partial charge in [0.25, 0.3) is 0 Å². The van der Waals surface area contributed by atoms with E-state index in [9.17, 15) is 18.3 Å². The molecular weight excluding hydrogens is 311 g/mol. The van der Waals surface area contributed by atoms with E-state index in [0.717, 1.165) is 17.8 Å². The minimum atomic E-state index is -4.38. The van der Waals surface area contributed by atoms with Crippen molar-refractivity contribution in [3.05, 3.63) is 47.9 Å². The molecule has 0 aliphatic carbocycles. The van der Waals surface area contributed by atoms with Crippen molar-refractivity contribution in [3.63, 3.8) is 0 Å². The summed E-state index contributed by atoms with van der Waals surface area (Å²) >= 11 is 0. The van der Waals surface area contributed by atoms with Gasteiger partial charge in [-0.25, -0.2) is 9.97 Å². The first-order valence-electron chi connectivity index (χ1n) is 6.85. The normalized spacial score (nSPS) is 12.7. The highest BCUT2D eigenvalue weighted by atomic mass is 19.4. The second kappa shape index (κ2) is 7.28. The van der Waals surface area contributed by atoms with Gasteiger partial charge in [-0.1, -0.05) is 0 Å². The van der Waals surface area contributed by atoms with Crippen LogP contribution in [0.1, 0.15) is 11.3 Å². The summed E-state index contributed by atoms with van der Waals surface area (Å²) in [5.74, 6) is 0.834. The molecule has 1 atom stereocenters. The van der Waals surface area contributed by atoms with E-state index in [0.29, 0.717) is 5.82 Å². The topological polar surface area (TPSA) is 67.3 Å². The fourth-order valence-corrected chi connectivity index (χ4v) is 1.77. The molecule has 0 spiro atoms. The first-order valence-corrected chi connectivity index (χ1v) is 6.85. The zero-order valence-corrected chi connectivity index (χ0v) is 12.3. The number of aliphatic hydroxyl groups excluding tert-OH is 1. The van der Waals surface area contributed by atoms with Crippen LogP contribution in [0.3, 0.4) is 0 Å². The zero-order chi connectivity index (χ0) is 16.9. The molecule has 2 N–H and O–H groups in total. The number of halogens is 3. The summed E-state index contributed by atoms with van der Waals surface area (Å²) in [6.45, 7) is 1.95. The Morgan fingerprint density at radius 1 is 1.22 bits per heavy atom. The molecule has 0 aliphatic heterocycles. The first-order chi connectivity index (χ1) is 10.8. The van der Waals surface area contributed by atoms with Crippen LogP contribution < -0.4 is 10.1 Å². The van der Waals surface area contributed by atoms with E-state index in [1.54, 1.807) is 6.07 Å². The summed E-state index contributed by atoms with van der Waals surface area (Å²) in [6, 6.07) is 6.03. The number of alkyl halides is 3. The van der Waals surface area contributed by atoms with Gasteiger partial charge in [-0.05, 0) is 31.2 Å². The van der Waals surface area contributed by atoms with E-state index in [1.165, 1.54) is 18.5 Å². The maximum Gasteiger partial charge on any atom is 0.416 e. The Labute approximate surface area is 131 Å². The van der Waals surface area contributed by atoms with E-state index in [1.807, 2.05) is 6.92 Å². The van der Waals surface area contributed by atoms with E-state index in [4.69, 9.17) is 4.74 Å². The molecule has 1 aromatic heterocycles. The Balaban J connectivity index is 1.79. The Bertz CT molecular complexity index is 633. The van der Waals surface area contributed by atoms with Gasteiger partial charge in [-0.2, -0.15) is 13.2 Å². The second-order valence-corrected chi connectivity index (χ2v) is 4.91. The van der Waals surface area contributed by atoms with Crippen LogP contribution in [0, 0.1) is 6.92 Å². The van der Waals surface area contributed by atoms with Gasteiger partial charge in [0.2, 0.25) is 0 Å². The average molecular weight is 327 g/mol. The molecule has 8 heteroatoms. The molecule has 0 aliphatic rings. The van der Waals surface area contributed by atoms with Gasteiger partial charge in [0, 0.05) is 18.3 Å². The molecule has 2 rings (SSSR count). The van der Waals surface area contributed by atoms with Gasteiger partial charge < -0.3 is 15.2 Å². The van der Waals surface area contributed by atoms with E-state index >= 15 is 0 Å². The van der Waals surface area contributed by atoms with Gasteiger partial charge in [0.15, 0.2) is 0 Å². The minimum Gasteiger partial charge on any atom is -0.491 e. The molecule has 1 aromatic carbocycles. The number of nitrogens with zero attached hydrogens (tertiary/aromatic N) is 2. The lowest BCUT2D eigenvalue weighted by molar-refractivity contribution is -0.137. The van der Waals surface area contributed by atoms with Crippen LogP contribution in [0.2, 0.25) is 0 Å². The molecule has 5 nitrogen and oxygen atoms in total. The molecule has 1 heterocycles. The number of anilines is 1. The Hall–Kier alpha value is -2.35. The number of hydrogen-bond donors (Lipinski definition) is 2. The predicted molar refractivity (Wildman–Crippen MR) is 78.2 cm³/mol. The van der Waals surface area contributed by atoms with Crippen molar-refractivity contribution in [1.82, 2.24) is 9.97 Å².